The van der Waals surface area contributed by atoms with E-state index in [1.54, 1.807) is 6.92 Å². The van der Waals surface area contributed by atoms with Gasteiger partial charge in [0.25, 0.3) is 0 Å². The molecule has 1 fully saturated rings. The van der Waals surface area contributed by atoms with Crippen molar-refractivity contribution in [3.8, 4) is 0 Å². The van der Waals surface area contributed by atoms with E-state index in [0.717, 1.165) is 5.69 Å². The molecular formula is C14H24N4O3S. The third-order valence-electron chi connectivity index (χ3n) is 3.93. The lowest BCUT2D eigenvalue weighted by Gasteiger charge is -2.15. The van der Waals surface area contributed by atoms with Gasteiger partial charge in [0.15, 0.2) is 9.84 Å². The third kappa shape index (κ3) is 4.46. The van der Waals surface area contributed by atoms with Crippen LogP contribution in [0.15, 0.2) is 6.07 Å². The number of nitrogens with zero attached hydrogens (tertiary/aromatic N) is 2. The van der Waals surface area contributed by atoms with Crippen LogP contribution in [-0.2, 0) is 9.84 Å². The van der Waals surface area contributed by atoms with Gasteiger partial charge < -0.3 is 5.32 Å². The first kappa shape index (κ1) is 16.8. The van der Waals surface area contributed by atoms with Crippen molar-refractivity contribution in [3.05, 3.63) is 11.8 Å². The summed E-state index contributed by atoms with van der Waals surface area (Å²) in [5, 5.41) is 9.76. The average Bonchev–Trinajstić information content (AvgIpc) is 3.22. The van der Waals surface area contributed by atoms with Gasteiger partial charge in [0.2, 0.25) is 0 Å². The fraction of sp³-hybridized carbons (Fsp3) is 0.714. The van der Waals surface area contributed by atoms with Crippen molar-refractivity contribution >= 4 is 21.7 Å². The van der Waals surface area contributed by atoms with Crippen molar-refractivity contribution in [1.82, 2.24) is 15.1 Å². The predicted octanol–water partition coefficient (Wildman–Crippen LogP) is 1.72. The van der Waals surface area contributed by atoms with Gasteiger partial charge in [-0.25, -0.2) is 17.9 Å². The summed E-state index contributed by atoms with van der Waals surface area (Å²) in [6.07, 6.45) is 2.39. The lowest BCUT2D eigenvalue weighted by atomic mass is 10.2. The molecule has 1 heterocycles. The van der Waals surface area contributed by atoms with Gasteiger partial charge in [0.1, 0.15) is 5.82 Å². The fourth-order valence-electron chi connectivity index (χ4n) is 2.32. The number of urea groups is 1. The van der Waals surface area contributed by atoms with Crippen LogP contribution in [0.3, 0.4) is 0 Å². The van der Waals surface area contributed by atoms with Gasteiger partial charge in [-0.1, -0.05) is 6.92 Å². The van der Waals surface area contributed by atoms with Gasteiger partial charge in [0.05, 0.1) is 17.5 Å². The van der Waals surface area contributed by atoms with Crippen molar-refractivity contribution in [2.75, 3.05) is 23.4 Å². The zero-order valence-electron chi connectivity index (χ0n) is 13.3. The largest absolute Gasteiger partial charge is 0.337 e. The molecule has 2 N–H and O–H groups in total. The highest BCUT2D eigenvalue weighted by Crippen LogP contribution is 2.40. The number of amides is 2. The highest BCUT2D eigenvalue weighted by molar-refractivity contribution is 7.91. The second-order valence-electron chi connectivity index (χ2n) is 5.81. The molecule has 22 heavy (non-hydrogen) atoms. The van der Waals surface area contributed by atoms with Crippen molar-refractivity contribution in [2.24, 2.45) is 5.92 Å². The van der Waals surface area contributed by atoms with Crippen LogP contribution in [0.1, 0.15) is 38.4 Å². The molecule has 7 nitrogen and oxygen atoms in total. The minimum Gasteiger partial charge on any atom is -0.337 e. The Hall–Kier alpha value is -1.57. The fourth-order valence-corrected chi connectivity index (χ4v) is 3.03. The molecular weight excluding hydrogens is 304 g/mol. The number of aryl methyl sites for hydroxylation is 1. The Kier molecular flexibility index (Phi) is 5.10. The highest BCUT2D eigenvalue weighted by atomic mass is 32.2. The summed E-state index contributed by atoms with van der Waals surface area (Å²) in [7, 11) is -3.07. The summed E-state index contributed by atoms with van der Waals surface area (Å²) in [5.74, 6) is 1.31. The second-order valence-corrected chi connectivity index (χ2v) is 8.28. The van der Waals surface area contributed by atoms with E-state index in [0.29, 0.717) is 11.7 Å². The van der Waals surface area contributed by atoms with E-state index in [4.69, 9.17) is 0 Å². The molecule has 2 rings (SSSR count). The zero-order valence-corrected chi connectivity index (χ0v) is 14.1. The number of carbonyl (C=O) groups is 1. The van der Waals surface area contributed by atoms with Gasteiger partial charge >= 0.3 is 6.03 Å². The van der Waals surface area contributed by atoms with Crippen molar-refractivity contribution < 1.29 is 13.2 Å². The molecule has 8 heteroatoms. The molecule has 0 unspecified atom stereocenters. The molecule has 0 saturated heterocycles. The third-order valence-corrected chi connectivity index (χ3v) is 5.63. The molecule has 1 aromatic rings. The molecule has 0 aliphatic heterocycles. The maximum atomic E-state index is 11.9. The lowest BCUT2D eigenvalue weighted by molar-refractivity contribution is 0.252. The van der Waals surface area contributed by atoms with Gasteiger partial charge in [-0.2, -0.15) is 5.10 Å². The number of rotatable bonds is 7. The van der Waals surface area contributed by atoms with E-state index in [1.165, 1.54) is 12.8 Å². The molecule has 1 aliphatic rings. The first-order valence-electron chi connectivity index (χ1n) is 7.64. The topological polar surface area (TPSA) is 93.1 Å². The summed E-state index contributed by atoms with van der Waals surface area (Å²) in [6.45, 7) is 5.68. The van der Waals surface area contributed by atoms with E-state index in [1.807, 2.05) is 17.7 Å². The van der Waals surface area contributed by atoms with Gasteiger partial charge in [-0.3, -0.25) is 5.32 Å². The lowest BCUT2D eigenvalue weighted by Crippen LogP contribution is -2.34. The first-order valence-corrected chi connectivity index (χ1v) is 9.46. The number of sulfone groups is 1. The second kappa shape index (κ2) is 6.68. The smallest absolute Gasteiger partial charge is 0.320 e. The minimum absolute atomic E-state index is 0.0479. The van der Waals surface area contributed by atoms with Crippen LogP contribution in [0.5, 0.6) is 0 Å². The van der Waals surface area contributed by atoms with Crippen LogP contribution in [0.2, 0.25) is 0 Å². The molecule has 1 atom stereocenters. The molecule has 1 aliphatic carbocycles. The van der Waals surface area contributed by atoms with E-state index >= 15 is 0 Å². The Balaban J connectivity index is 1.91. The van der Waals surface area contributed by atoms with E-state index in [2.05, 4.69) is 22.7 Å². The quantitative estimate of drug-likeness (QED) is 0.797. The monoisotopic (exact) mass is 328 g/mol. The Labute approximate surface area is 131 Å². The van der Waals surface area contributed by atoms with Crippen molar-refractivity contribution in [3.63, 3.8) is 0 Å². The molecule has 0 spiro atoms. The summed E-state index contributed by atoms with van der Waals surface area (Å²) in [5.41, 5.74) is 0.844. The molecule has 2 amide bonds. The number of hydrogen-bond donors (Lipinski definition) is 2. The number of carbonyl (C=O) groups excluding carboxylic acids is 1. The summed E-state index contributed by atoms with van der Waals surface area (Å²) >= 11 is 0. The number of nitrogens with one attached hydrogen (secondary N) is 2. The summed E-state index contributed by atoms with van der Waals surface area (Å²) in [4.78, 5) is 11.9. The summed E-state index contributed by atoms with van der Waals surface area (Å²) in [6, 6.07) is 1.67. The molecule has 0 radical (unpaired) electrons. The first-order chi connectivity index (χ1) is 10.3. The average molecular weight is 328 g/mol. The SMILES string of the molecule is CCS(=O)(=O)CCNC(=O)Nc1cc(C)nn1[C@H](C)C1CC1. The molecule has 124 valence electrons. The summed E-state index contributed by atoms with van der Waals surface area (Å²) < 4.78 is 24.6. The maximum Gasteiger partial charge on any atom is 0.320 e. The molecule has 0 bridgehead atoms. The van der Waals surface area contributed by atoms with Crippen LogP contribution in [0, 0.1) is 12.8 Å². The number of anilines is 1. The molecule has 1 aromatic heterocycles. The van der Waals surface area contributed by atoms with Crippen LogP contribution in [0.25, 0.3) is 0 Å². The van der Waals surface area contributed by atoms with Gasteiger partial charge in [-0.05, 0) is 32.6 Å². The minimum atomic E-state index is -3.07. The maximum absolute atomic E-state index is 11.9. The van der Waals surface area contributed by atoms with Crippen LogP contribution in [0.4, 0.5) is 10.6 Å². The van der Waals surface area contributed by atoms with Crippen LogP contribution < -0.4 is 10.6 Å². The number of aromatic nitrogens is 2. The molecule has 0 aromatic carbocycles. The standard InChI is InChI=1S/C14H24N4O3S/c1-4-22(20,21)8-7-15-14(19)16-13-9-10(2)17-18(13)11(3)12-5-6-12/h9,11-12H,4-8H2,1-3H3,(H2,15,16,19)/t11-/m1/s1. The molecule has 1 saturated carbocycles. The van der Waals surface area contributed by atoms with Crippen molar-refractivity contribution in [2.45, 2.75) is 39.7 Å². The highest BCUT2D eigenvalue weighted by Gasteiger charge is 2.31. The van der Waals surface area contributed by atoms with Gasteiger partial charge in [-0.15, -0.1) is 0 Å². The Morgan fingerprint density at radius 1 is 1.50 bits per heavy atom. The zero-order chi connectivity index (χ0) is 16.3. The Bertz CT molecular complexity index is 635. The predicted molar refractivity (Wildman–Crippen MR) is 85.7 cm³/mol. The Morgan fingerprint density at radius 2 is 2.18 bits per heavy atom. The van der Waals surface area contributed by atoms with Crippen molar-refractivity contribution in [1.29, 1.82) is 0 Å². The normalized spacial score (nSPS) is 16.3. The van der Waals surface area contributed by atoms with Gasteiger partial charge in [0, 0.05) is 18.4 Å². The number of hydrogen-bond acceptors (Lipinski definition) is 4. The van der Waals surface area contributed by atoms with E-state index < -0.39 is 15.9 Å². The van der Waals surface area contributed by atoms with Crippen LogP contribution in [-0.4, -0.2) is 42.3 Å². The Morgan fingerprint density at radius 3 is 2.77 bits per heavy atom. The van der Waals surface area contributed by atoms with E-state index in [-0.39, 0.29) is 24.1 Å². The van der Waals surface area contributed by atoms with E-state index in [9.17, 15) is 13.2 Å². The van der Waals surface area contributed by atoms with Crippen LogP contribution >= 0.6 is 0 Å².